The zero-order chi connectivity index (χ0) is 26.2. The van der Waals surface area contributed by atoms with E-state index in [2.05, 4.69) is 13.8 Å². The van der Waals surface area contributed by atoms with Gasteiger partial charge in [0.05, 0.1) is 38.4 Å². The Morgan fingerprint density at radius 3 is 1.69 bits per heavy atom. The Morgan fingerprint density at radius 1 is 0.743 bits per heavy atom. The largest absolute Gasteiger partial charge is 0.465 e. The Hall–Kier alpha value is -0.730. The lowest BCUT2D eigenvalue weighted by Crippen LogP contribution is -2.42. The van der Waals surface area contributed by atoms with Crippen molar-refractivity contribution in [1.82, 2.24) is 0 Å². The van der Waals surface area contributed by atoms with Crippen molar-refractivity contribution >= 4 is 5.97 Å². The van der Waals surface area contributed by atoms with Crippen LogP contribution in [0.2, 0.25) is 0 Å². The lowest BCUT2D eigenvalue weighted by atomic mass is 9.92. The summed E-state index contributed by atoms with van der Waals surface area (Å²) in [5.74, 6) is 0.409. The quantitative estimate of drug-likeness (QED) is 0.112. The monoisotopic (exact) mass is 504 g/mol. The van der Waals surface area contributed by atoms with Crippen LogP contribution in [0, 0.1) is 11.3 Å². The minimum atomic E-state index is -0.981. The number of aliphatic hydroxyl groups excluding tert-OH is 3. The molecule has 0 aromatic carbocycles. The van der Waals surface area contributed by atoms with Gasteiger partial charge in [-0.1, -0.05) is 97.3 Å². The number of rotatable bonds is 26. The molecular weight excluding hydrogens is 448 g/mol. The van der Waals surface area contributed by atoms with Crippen LogP contribution in [0.1, 0.15) is 111 Å². The Kier molecular flexibility index (Phi) is 23.2. The lowest BCUT2D eigenvalue weighted by Gasteiger charge is -2.31. The zero-order valence-electron chi connectivity index (χ0n) is 23.0. The SMILES string of the molecule is CC(=O)OCC(CO)(COCCCCCCCCCCCCCCCC(C)C)COCC(O)CO. The molecule has 35 heavy (non-hydrogen) atoms. The number of aliphatic hydroxyl groups is 3. The van der Waals surface area contributed by atoms with E-state index in [1.165, 1.54) is 84.0 Å². The van der Waals surface area contributed by atoms with Crippen molar-refractivity contribution < 1.29 is 34.3 Å². The maximum atomic E-state index is 11.2. The van der Waals surface area contributed by atoms with Gasteiger partial charge in [0.1, 0.15) is 12.7 Å². The summed E-state index contributed by atoms with van der Waals surface area (Å²) >= 11 is 0. The lowest BCUT2D eigenvalue weighted by molar-refractivity contribution is -0.152. The first kappa shape index (κ1) is 34.3. The minimum Gasteiger partial charge on any atom is -0.465 e. The number of hydrogen-bond acceptors (Lipinski definition) is 7. The average molecular weight is 505 g/mol. The first-order valence-electron chi connectivity index (χ1n) is 14.0. The van der Waals surface area contributed by atoms with Crippen LogP contribution in [0.4, 0.5) is 0 Å². The molecule has 7 nitrogen and oxygen atoms in total. The highest BCUT2D eigenvalue weighted by atomic mass is 16.5. The predicted molar refractivity (Wildman–Crippen MR) is 140 cm³/mol. The third kappa shape index (κ3) is 22.2. The Morgan fingerprint density at radius 2 is 1.23 bits per heavy atom. The first-order valence-corrected chi connectivity index (χ1v) is 14.0. The van der Waals surface area contributed by atoms with Gasteiger partial charge in [-0.25, -0.2) is 0 Å². The Bertz CT molecular complexity index is 472. The molecule has 0 aliphatic rings. The molecule has 210 valence electrons. The van der Waals surface area contributed by atoms with Gasteiger partial charge in [0, 0.05) is 13.5 Å². The number of carbonyl (C=O) groups excluding carboxylic acids is 1. The van der Waals surface area contributed by atoms with E-state index in [4.69, 9.17) is 19.3 Å². The second kappa shape index (κ2) is 23.7. The molecule has 0 amide bonds. The van der Waals surface area contributed by atoms with Crippen molar-refractivity contribution in [2.75, 3.05) is 46.2 Å². The van der Waals surface area contributed by atoms with Crippen LogP contribution in [0.25, 0.3) is 0 Å². The van der Waals surface area contributed by atoms with Crippen LogP contribution in [-0.2, 0) is 19.0 Å². The van der Waals surface area contributed by atoms with Crippen LogP contribution in [-0.4, -0.2) is 73.6 Å². The summed E-state index contributed by atoms with van der Waals surface area (Å²) in [6.45, 7) is 6.02. The molecule has 2 atom stereocenters. The number of hydrogen-bond donors (Lipinski definition) is 3. The second-order valence-corrected chi connectivity index (χ2v) is 10.6. The molecule has 7 heteroatoms. The molecule has 0 radical (unpaired) electrons. The van der Waals surface area contributed by atoms with E-state index in [0.717, 1.165) is 18.8 Å². The summed E-state index contributed by atoms with van der Waals surface area (Å²) in [6, 6.07) is 0. The van der Waals surface area contributed by atoms with Gasteiger partial charge in [0.25, 0.3) is 0 Å². The molecule has 0 heterocycles. The van der Waals surface area contributed by atoms with E-state index in [1.54, 1.807) is 0 Å². The van der Waals surface area contributed by atoms with Crippen LogP contribution < -0.4 is 0 Å². The predicted octanol–water partition coefficient (Wildman–Crippen LogP) is 5.03. The van der Waals surface area contributed by atoms with Crippen LogP contribution in [0.15, 0.2) is 0 Å². The third-order valence-corrected chi connectivity index (χ3v) is 6.32. The highest BCUT2D eigenvalue weighted by Crippen LogP contribution is 2.20. The Balaban J connectivity index is 3.76. The molecule has 0 aromatic heterocycles. The summed E-state index contributed by atoms with van der Waals surface area (Å²) in [4.78, 5) is 11.2. The fourth-order valence-electron chi connectivity index (χ4n) is 3.97. The summed E-state index contributed by atoms with van der Waals surface area (Å²) in [6.07, 6.45) is 17.3. The van der Waals surface area contributed by atoms with Gasteiger partial charge < -0.3 is 29.5 Å². The molecule has 0 rings (SSSR count). The Labute approximate surface area is 214 Å². The van der Waals surface area contributed by atoms with E-state index >= 15 is 0 Å². The summed E-state index contributed by atoms with van der Waals surface area (Å²) in [7, 11) is 0. The molecule has 0 aliphatic heterocycles. The van der Waals surface area contributed by atoms with Crippen molar-refractivity contribution in [3.05, 3.63) is 0 Å². The summed E-state index contributed by atoms with van der Waals surface area (Å²) in [5.41, 5.74) is -0.880. The van der Waals surface area contributed by atoms with Crippen LogP contribution >= 0.6 is 0 Å². The molecule has 3 N–H and O–H groups in total. The molecule has 0 saturated heterocycles. The van der Waals surface area contributed by atoms with E-state index in [-0.39, 0.29) is 33.0 Å². The first-order chi connectivity index (χ1) is 16.8. The van der Waals surface area contributed by atoms with Crippen molar-refractivity contribution in [3.63, 3.8) is 0 Å². The number of carbonyl (C=O) groups is 1. The molecule has 2 unspecified atom stereocenters. The summed E-state index contributed by atoms with van der Waals surface area (Å²) in [5, 5.41) is 28.2. The fourth-order valence-corrected chi connectivity index (χ4v) is 3.97. The second-order valence-electron chi connectivity index (χ2n) is 10.6. The van der Waals surface area contributed by atoms with E-state index < -0.39 is 24.1 Å². The third-order valence-electron chi connectivity index (χ3n) is 6.32. The van der Waals surface area contributed by atoms with Gasteiger partial charge in [-0.05, 0) is 12.3 Å². The van der Waals surface area contributed by atoms with Gasteiger partial charge in [-0.15, -0.1) is 0 Å². The van der Waals surface area contributed by atoms with Gasteiger partial charge in [-0.2, -0.15) is 0 Å². The maximum absolute atomic E-state index is 11.2. The van der Waals surface area contributed by atoms with Gasteiger partial charge in [0.2, 0.25) is 0 Å². The van der Waals surface area contributed by atoms with Crippen molar-refractivity contribution in [3.8, 4) is 0 Å². The fraction of sp³-hybridized carbons (Fsp3) is 0.964. The normalized spacial score (nSPS) is 14.3. The molecule has 0 aromatic rings. The standard InChI is InChI=1S/C28H56O7/c1-25(2)17-15-13-11-9-7-5-4-6-8-10-12-14-16-18-33-22-28(21-30,24-35-26(3)31)23-34-20-27(32)19-29/h25,27,29-30,32H,4-24H2,1-3H3. The molecule has 0 fully saturated rings. The van der Waals surface area contributed by atoms with Crippen molar-refractivity contribution in [2.45, 2.75) is 117 Å². The molecule has 0 bridgehead atoms. The zero-order valence-corrected chi connectivity index (χ0v) is 23.0. The molecule has 0 saturated carbocycles. The molecule has 0 aliphatic carbocycles. The van der Waals surface area contributed by atoms with Crippen LogP contribution in [0.5, 0.6) is 0 Å². The topological polar surface area (TPSA) is 105 Å². The van der Waals surface area contributed by atoms with E-state index in [9.17, 15) is 15.0 Å². The smallest absolute Gasteiger partial charge is 0.302 e. The molecular formula is C28H56O7. The van der Waals surface area contributed by atoms with Crippen molar-refractivity contribution in [2.24, 2.45) is 11.3 Å². The highest BCUT2D eigenvalue weighted by Gasteiger charge is 2.32. The summed E-state index contributed by atoms with van der Waals surface area (Å²) < 4.78 is 16.3. The van der Waals surface area contributed by atoms with Gasteiger partial charge >= 0.3 is 5.97 Å². The number of unbranched alkanes of at least 4 members (excludes halogenated alkanes) is 12. The van der Waals surface area contributed by atoms with Gasteiger partial charge in [0.15, 0.2) is 0 Å². The number of ether oxygens (including phenoxy) is 3. The van der Waals surface area contributed by atoms with E-state index in [0.29, 0.717) is 6.61 Å². The van der Waals surface area contributed by atoms with E-state index in [1.807, 2.05) is 0 Å². The minimum absolute atomic E-state index is 0.0216. The maximum Gasteiger partial charge on any atom is 0.302 e. The highest BCUT2D eigenvalue weighted by molar-refractivity contribution is 5.65. The van der Waals surface area contributed by atoms with Gasteiger partial charge in [-0.3, -0.25) is 4.79 Å². The van der Waals surface area contributed by atoms with Crippen molar-refractivity contribution in [1.29, 1.82) is 0 Å². The van der Waals surface area contributed by atoms with Crippen LogP contribution in [0.3, 0.4) is 0 Å². The molecule has 0 spiro atoms. The number of esters is 1. The average Bonchev–Trinajstić information content (AvgIpc) is 2.83.